The molecule has 0 aromatic heterocycles. The summed E-state index contributed by atoms with van der Waals surface area (Å²) in [5, 5.41) is 0. The molecule has 0 atom stereocenters. The highest BCUT2D eigenvalue weighted by Crippen LogP contribution is 2.62. The first kappa shape index (κ1) is 13.2. The van der Waals surface area contributed by atoms with Crippen LogP contribution in [0.15, 0.2) is 0 Å². The van der Waals surface area contributed by atoms with Gasteiger partial charge in [0, 0.05) is 18.5 Å². The third-order valence-corrected chi connectivity index (χ3v) is 9.16. The van der Waals surface area contributed by atoms with Crippen LogP contribution in [0.4, 0.5) is 0 Å². The van der Waals surface area contributed by atoms with Crippen molar-refractivity contribution in [3.8, 4) is 0 Å². The second-order valence-corrected chi connectivity index (χ2v) is 11.3. The van der Waals surface area contributed by atoms with Crippen molar-refractivity contribution in [3.63, 3.8) is 0 Å². The minimum atomic E-state index is -0.825. The molecule has 0 unspecified atom stereocenters. The smallest absolute Gasteiger partial charge is 0.0400 e. The maximum Gasteiger partial charge on any atom is 0.0400 e. The molecule has 2 saturated heterocycles. The number of unbranched alkanes of at least 4 members (excludes halogenated alkanes) is 1. The van der Waals surface area contributed by atoms with E-state index in [0.29, 0.717) is 0 Å². The lowest BCUT2D eigenvalue weighted by Crippen LogP contribution is -2.30. The zero-order valence-electron chi connectivity index (χ0n) is 10.5. The maximum absolute atomic E-state index is 5.83. The fourth-order valence-corrected chi connectivity index (χ4v) is 7.29. The Hall–Kier alpha value is 0.740. The Kier molecular flexibility index (Phi) is 5.45. The highest BCUT2D eigenvalue weighted by molar-refractivity contribution is 8.42. The monoisotopic (exact) mass is 259 g/mol. The summed E-state index contributed by atoms with van der Waals surface area (Å²) in [6, 6.07) is 0. The number of likely N-dealkylation sites (tertiary alicyclic amines) is 1. The van der Waals surface area contributed by atoms with Gasteiger partial charge in [-0.2, -0.15) is 0 Å². The molecule has 0 aliphatic carbocycles. The number of nitrogens with zero attached hydrogens (tertiary/aromatic N) is 1. The average Bonchev–Trinajstić information content (AvgIpc) is 2.74. The lowest BCUT2D eigenvalue weighted by atomic mass is 10.1. The summed E-state index contributed by atoms with van der Waals surface area (Å²) in [6.07, 6.45) is 14.3. The zero-order chi connectivity index (χ0) is 11.3. The molecule has 2 heterocycles. The Morgan fingerprint density at radius 2 is 1.56 bits per heavy atom. The molecule has 0 radical (unpaired) electrons. The SMILES string of the molecule is [S-][P+]1(CCCCN2CCCCC2)CCCC1. The fourth-order valence-electron chi connectivity index (χ4n) is 3.05. The van der Waals surface area contributed by atoms with Crippen molar-refractivity contribution in [1.82, 2.24) is 4.90 Å². The van der Waals surface area contributed by atoms with E-state index in [9.17, 15) is 0 Å². The third-order valence-electron chi connectivity index (χ3n) is 4.12. The molecule has 0 aromatic carbocycles. The Morgan fingerprint density at radius 1 is 0.875 bits per heavy atom. The highest BCUT2D eigenvalue weighted by atomic mass is 32.7. The van der Waals surface area contributed by atoms with E-state index in [1.807, 2.05) is 0 Å². The van der Waals surface area contributed by atoms with Crippen LogP contribution in [0.1, 0.15) is 44.9 Å². The van der Waals surface area contributed by atoms with E-state index >= 15 is 0 Å². The van der Waals surface area contributed by atoms with E-state index in [1.165, 1.54) is 83.1 Å². The van der Waals surface area contributed by atoms with Crippen molar-refractivity contribution >= 4 is 18.7 Å². The fraction of sp³-hybridized carbons (Fsp3) is 1.00. The summed E-state index contributed by atoms with van der Waals surface area (Å²) < 4.78 is 0. The number of rotatable bonds is 5. The van der Waals surface area contributed by atoms with Gasteiger partial charge in [0.2, 0.25) is 0 Å². The number of hydrogen-bond donors (Lipinski definition) is 0. The van der Waals surface area contributed by atoms with Gasteiger partial charge in [0.25, 0.3) is 0 Å². The Balaban J connectivity index is 1.54. The molecule has 2 rings (SSSR count). The second kappa shape index (κ2) is 6.61. The van der Waals surface area contributed by atoms with Crippen molar-refractivity contribution in [2.75, 3.05) is 38.1 Å². The van der Waals surface area contributed by atoms with Crippen LogP contribution in [0.2, 0.25) is 0 Å². The van der Waals surface area contributed by atoms with Gasteiger partial charge in [-0.15, -0.1) is 6.46 Å². The van der Waals surface area contributed by atoms with Gasteiger partial charge in [0.05, 0.1) is 0 Å². The largest absolute Gasteiger partial charge is 0.556 e. The average molecular weight is 259 g/mol. The molecule has 0 N–H and O–H groups in total. The Labute approximate surface area is 107 Å². The molecule has 3 heteroatoms. The van der Waals surface area contributed by atoms with E-state index in [4.69, 9.17) is 12.2 Å². The maximum atomic E-state index is 5.83. The van der Waals surface area contributed by atoms with Crippen LogP contribution in [0, 0.1) is 0 Å². The molecule has 0 bridgehead atoms. The molecule has 2 aliphatic heterocycles. The van der Waals surface area contributed by atoms with Crippen LogP contribution in [-0.2, 0) is 12.2 Å². The van der Waals surface area contributed by atoms with E-state index in [1.54, 1.807) is 0 Å². The van der Waals surface area contributed by atoms with Crippen LogP contribution < -0.4 is 0 Å². The molecular weight excluding hydrogens is 233 g/mol. The van der Waals surface area contributed by atoms with E-state index in [2.05, 4.69) is 4.90 Å². The Morgan fingerprint density at radius 3 is 2.25 bits per heavy atom. The van der Waals surface area contributed by atoms with Crippen molar-refractivity contribution < 1.29 is 0 Å². The molecule has 16 heavy (non-hydrogen) atoms. The summed E-state index contributed by atoms with van der Waals surface area (Å²) in [7, 11) is 0. The van der Waals surface area contributed by atoms with Gasteiger partial charge in [-0.25, -0.2) is 0 Å². The lowest BCUT2D eigenvalue weighted by Gasteiger charge is -2.29. The molecule has 0 amide bonds. The summed E-state index contributed by atoms with van der Waals surface area (Å²) in [4.78, 5) is 2.66. The normalized spacial score (nSPS) is 26.1. The third kappa shape index (κ3) is 4.20. The predicted molar refractivity (Wildman–Crippen MR) is 77.6 cm³/mol. The first-order valence-electron chi connectivity index (χ1n) is 7.08. The minimum absolute atomic E-state index is 0.825. The standard InChI is InChI=1S/C13H26NPS/c16-15(12-6-7-13-15)11-5-4-10-14-8-2-1-3-9-14/h1-13H2. The highest BCUT2D eigenvalue weighted by Gasteiger charge is 2.27. The van der Waals surface area contributed by atoms with Crippen LogP contribution >= 0.6 is 6.46 Å². The first-order valence-corrected chi connectivity index (χ1v) is 10.4. The molecule has 1 nitrogen and oxygen atoms in total. The van der Waals surface area contributed by atoms with Crippen molar-refractivity contribution in [2.45, 2.75) is 44.9 Å². The second-order valence-electron chi connectivity index (χ2n) is 5.55. The number of piperidine rings is 1. The summed E-state index contributed by atoms with van der Waals surface area (Å²) in [6.45, 7) is 3.23. The molecule has 0 saturated carbocycles. The van der Waals surface area contributed by atoms with Gasteiger partial charge >= 0.3 is 0 Å². The predicted octanol–water partition coefficient (Wildman–Crippen LogP) is 3.53. The van der Waals surface area contributed by atoms with E-state index in [0.717, 1.165) is 0 Å². The minimum Gasteiger partial charge on any atom is -0.556 e. The summed E-state index contributed by atoms with van der Waals surface area (Å²) >= 11 is 5.83. The van der Waals surface area contributed by atoms with Crippen LogP contribution in [0.25, 0.3) is 0 Å². The molecule has 94 valence electrons. The molecule has 2 fully saturated rings. The van der Waals surface area contributed by atoms with Gasteiger partial charge in [-0.1, -0.05) is 6.42 Å². The van der Waals surface area contributed by atoms with E-state index in [-0.39, 0.29) is 0 Å². The van der Waals surface area contributed by atoms with E-state index < -0.39 is 6.46 Å². The topological polar surface area (TPSA) is 3.24 Å². The summed E-state index contributed by atoms with van der Waals surface area (Å²) in [5.74, 6) is 0. The molecular formula is C13H26NPS. The van der Waals surface area contributed by atoms with Crippen molar-refractivity contribution in [1.29, 1.82) is 0 Å². The zero-order valence-corrected chi connectivity index (χ0v) is 12.2. The van der Waals surface area contributed by atoms with Gasteiger partial charge in [0.1, 0.15) is 0 Å². The van der Waals surface area contributed by atoms with Gasteiger partial charge in [0.15, 0.2) is 0 Å². The molecule has 0 spiro atoms. The number of hydrogen-bond acceptors (Lipinski definition) is 2. The Bertz CT molecular complexity index is 198. The van der Waals surface area contributed by atoms with Gasteiger partial charge in [-0.05, 0) is 58.2 Å². The lowest BCUT2D eigenvalue weighted by molar-refractivity contribution is 0.226. The first-order chi connectivity index (χ1) is 7.79. The van der Waals surface area contributed by atoms with Crippen LogP contribution in [-0.4, -0.2) is 43.0 Å². The van der Waals surface area contributed by atoms with Gasteiger partial charge < -0.3 is 17.1 Å². The summed E-state index contributed by atoms with van der Waals surface area (Å²) in [5.41, 5.74) is 0. The van der Waals surface area contributed by atoms with Gasteiger partial charge in [-0.3, -0.25) is 0 Å². The molecule has 2 aliphatic rings. The van der Waals surface area contributed by atoms with Crippen molar-refractivity contribution in [2.24, 2.45) is 0 Å². The molecule has 0 aromatic rings. The quantitative estimate of drug-likeness (QED) is 0.422. The van der Waals surface area contributed by atoms with Crippen LogP contribution in [0.3, 0.4) is 0 Å². The van der Waals surface area contributed by atoms with Crippen molar-refractivity contribution in [3.05, 3.63) is 0 Å². The van der Waals surface area contributed by atoms with Crippen LogP contribution in [0.5, 0.6) is 0 Å².